The van der Waals surface area contributed by atoms with Gasteiger partial charge in [-0.05, 0) is 72.3 Å². The van der Waals surface area contributed by atoms with Crippen LogP contribution >= 0.6 is 0 Å². The molecule has 0 radical (unpaired) electrons. The molecule has 1 unspecified atom stereocenters. The zero-order valence-electron chi connectivity index (χ0n) is 14.4. The van der Waals surface area contributed by atoms with Crippen molar-refractivity contribution in [1.82, 2.24) is 15.1 Å². The van der Waals surface area contributed by atoms with Gasteiger partial charge in [0, 0.05) is 19.2 Å². The fourth-order valence-electron chi connectivity index (χ4n) is 3.39. The molecule has 0 aliphatic carbocycles. The highest BCUT2D eigenvalue weighted by molar-refractivity contribution is 5.80. The Labute approximate surface area is 135 Å². The van der Waals surface area contributed by atoms with Gasteiger partial charge in [-0.3, -0.25) is 4.79 Å². The third-order valence-electron chi connectivity index (χ3n) is 5.02. The lowest BCUT2D eigenvalue weighted by Gasteiger charge is -2.35. The molecule has 0 aromatic carbocycles. The molecule has 2 saturated heterocycles. The van der Waals surface area contributed by atoms with Gasteiger partial charge in [-0.2, -0.15) is 0 Å². The van der Waals surface area contributed by atoms with Crippen LogP contribution in [-0.2, 0) is 9.53 Å². The number of hydrogen-bond acceptors (Lipinski definition) is 4. The lowest BCUT2D eigenvalue weighted by Crippen LogP contribution is -2.42. The third-order valence-corrected chi connectivity index (χ3v) is 5.02. The van der Waals surface area contributed by atoms with Gasteiger partial charge < -0.3 is 19.9 Å². The summed E-state index contributed by atoms with van der Waals surface area (Å²) in [4.78, 5) is 16.7. The molecular formula is C17H33N3O2. The first-order valence-electron chi connectivity index (χ1n) is 8.95. The van der Waals surface area contributed by atoms with Crippen LogP contribution in [0.25, 0.3) is 0 Å². The topological polar surface area (TPSA) is 44.8 Å². The summed E-state index contributed by atoms with van der Waals surface area (Å²) in [6, 6.07) is 0.760. The van der Waals surface area contributed by atoms with E-state index in [2.05, 4.69) is 29.2 Å². The molecular weight excluding hydrogens is 278 g/mol. The van der Waals surface area contributed by atoms with Gasteiger partial charge in [-0.1, -0.05) is 6.42 Å². The third kappa shape index (κ3) is 5.86. The van der Waals surface area contributed by atoms with E-state index < -0.39 is 0 Å². The molecule has 0 aromatic rings. The summed E-state index contributed by atoms with van der Waals surface area (Å²) in [5.41, 5.74) is 0. The molecule has 1 N–H and O–H groups in total. The van der Waals surface area contributed by atoms with Gasteiger partial charge >= 0.3 is 0 Å². The summed E-state index contributed by atoms with van der Waals surface area (Å²) < 4.78 is 5.38. The van der Waals surface area contributed by atoms with E-state index in [0.29, 0.717) is 0 Å². The molecule has 2 rings (SSSR count). The van der Waals surface area contributed by atoms with E-state index >= 15 is 0 Å². The lowest BCUT2D eigenvalue weighted by molar-refractivity contribution is -0.130. The quantitative estimate of drug-likeness (QED) is 0.690. The smallest absolute Gasteiger partial charge is 0.249 e. The van der Waals surface area contributed by atoms with E-state index in [1.165, 1.54) is 45.3 Å². The molecule has 2 aliphatic heterocycles. The molecule has 22 heavy (non-hydrogen) atoms. The van der Waals surface area contributed by atoms with Crippen molar-refractivity contribution in [2.24, 2.45) is 0 Å². The molecule has 0 spiro atoms. The van der Waals surface area contributed by atoms with Gasteiger partial charge in [0.05, 0.1) is 0 Å². The summed E-state index contributed by atoms with van der Waals surface area (Å²) in [5.74, 6) is 0.0842. The van der Waals surface area contributed by atoms with Gasteiger partial charge in [0.15, 0.2) is 0 Å². The van der Waals surface area contributed by atoms with Crippen molar-refractivity contribution in [1.29, 1.82) is 0 Å². The first-order valence-corrected chi connectivity index (χ1v) is 8.95. The number of nitrogens with one attached hydrogen (secondary N) is 1. The van der Waals surface area contributed by atoms with Crippen LogP contribution in [0.1, 0.15) is 44.9 Å². The molecule has 0 aromatic heterocycles. The Bertz CT molecular complexity index is 324. The first-order chi connectivity index (χ1) is 10.7. The molecule has 1 amide bonds. The SMILES string of the molecule is CN1CCC(N(C)CCCCCNC(=O)C2CCCO2)CC1. The van der Waals surface area contributed by atoms with Crippen molar-refractivity contribution < 1.29 is 9.53 Å². The standard InChI is InChI=1S/C17H33N3O2/c1-19-12-8-15(9-13-19)20(2)11-5-3-4-10-18-17(21)16-7-6-14-22-16/h15-16H,3-14H2,1-2H3,(H,18,21). The molecule has 2 heterocycles. The Morgan fingerprint density at radius 1 is 1.23 bits per heavy atom. The highest BCUT2D eigenvalue weighted by Gasteiger charge is 2.23. The molecule has 2 aliphatic rings. The lowest BCUT2D eigenvalue weighted by atomic mass is 10.0. The predicted octanol–water partition coefficient (Wildman–Crippen LogP) is 1.48. The van der Waals surface area contributed by atoms with E-state index in [-0.39, 0.29) is 12.0 Å². The predicted molar refractivity (Wildman–Crippen MR) is 89.0 cm³/mol. The van der Waals surface area contributed by atoms with Crippen LogP contribution in [0, 0.1) is 0 Å². The summed E-state index contributed by atoms with van der Waals surface area (Å²) in [6.07, 6.45) is 7.78. The van der Waals surface area contributed by atoms with Crippen LogP contribution in [-0.4, -0.2) is 74.7 Å². The minimum atomic E-state index is -0.185. The van der Waals surface area contributed by atoms with E-state index in [1.807, 2.05) is 0 Å². The van der Waals surface area contributed by atoms with Gasteiger partial charge in [-0.25, -0.2) is 0 Å². The molecule has 128 valence electrons. The van der Waals surface area contributed by atoms with Crippen molar-refractivity contribution in [3.8, 4) is 0 Å². The normalized spacial score (nSPS) is 24.0. The fourth-order valence-corrected chi connectivity index (χ4v) is 3.39. The van der Waals surface area contributed by atoms with Crippen LogP contribution in [0.4, 0.5) is 0 Å². The Morgan fingerprint density at radius 3 is 2.68 bits per heavy atom. The highest BCUT2D eigenvalue weighted by Crippen LogP contribution is 2.15. The molecule has 0 saturated carbocycles. The highest BCUT2D eigenvalue weighted by atomic mass is 16.5. The summed E-state index contributed by atoms with van der Waals surface area (Å²) in [6.45, 7) is 5.15. The van der Waals surface area contributed by atoms with Crippen LogP contribution < -0.4 is 5.32 Å². The molecule has 2 fully saturated rings. The number of carbonyl (C=O) groups is 1. The van der Waals surface area contributed by atoms with Crippen molar-refractivity contribution in [3.05, 3.63) is 0 Å². The van der Waals surface area contributed by atoms with Crippen LogP contribution in [0.15, 0.2) is 0 Å². The second kappa shape index (κ2) is 9.48. The molecule has 5 nitrogen and oxygen atoms in total. The fraction of sp³-hybridized carbons (Fsp3) is 0.941. The summed E-state index contributed by atoms with van der Waals surface area (Å²) >= 11 is 0. The maximum absolute atomic E-state index is 11.8. The summed E-state index contributed by atoms with van der Waals surface area (Å²) in [5, 5.41) is 3.00. The Hall–Kier alpha value is -0.650. The van der Waals surface area contributed by atoms with Gasteiger partial charge in [0.25, 0.3) is 0 Å². The Kier molecular flexibility index (Phi) is 7.63. The minimum Gasteiger partial charge on any atom is -0.368 e. The minimum absolute atomic E-state index is 0.0842. The second-order valence-corrected chi connectivity index (χ2v) is 6.87. The number of amides is 1. The number of rotatable bonds is 8. The van der Waals surface area contributed by atoms with Gasteiger partial charge in [0.2, 0.25) is 5.91 Å². The van der Waals surface area contributed by atoms with E-state index in [1.54, 1.807) is 0 Å². The Balaban J connectivity index is 1.46. The number of likely N-dealkylation sites (tertiary alicyclic amines) is 1. The van der Waals surface area contributed by atoms with E-state index in [4.69, 9.17) is 4.74 Å². The van der Waals surface area contributed by atoms with Crippen LogP contribution in [0.2, 0.25) is 0 Å². The zero-order chi connectivity index (χ0) is 15.8. The van der Waals surface area contributed by atoms with Crippen LogP contribution in [0.3, 0.4) is 0 Å². The van der Waals surface area contributed by atoms with E-state index in [0.717, 1.165) is 38.5 Å². The number of hydrogen-bond donors (Lipinski definition) is 1. The van der Waals surface area contributed by atoms with Gasteiger partial charge in [-0.15, -0.1) is 0 Å². The van der Waals surface area contributed by atoms with Gasteiger partial charge in [0.1, 0.15) is 6.10 Å². The average Bonchev–Trinajstić information content (AvgIpc) is 3.05. The average molecular weight is 311 g/mol. The van der Waals surface area contributed by atoms with Crippen molar-refractivity contribution in [2.45, 2.75) is 57.1 Å². The van der Waals surface area contributed by atoms with Crippen molar-refractivity contribution >= 4 is 5.91 Å². The maximum atomic E-state index is 11.8. The van der Waals surface area contributed by atoms with Crippen LogP contribution in [0.5, 0.6) is 0 Å². The van der Waals surface area contributed by atoms with Crippen molar-refractivity contribution in [2.75, 3.05) is 46.9 Å². The molecule has 0 bridgehead atoms. The number of nitrogens with zero attached hydrogens (tertiary/aromatic N) is 2. The Morgan fingerprint density at radius 2 is 2.00 bits per heavy atom. The summed E-state index contributed by atoms with van der Waals surface area (Å²) in [7, 11) is 4.47. The number of piperidine rings is 1. The second-order valence-electron chi connectivity index (χ2n) is 6.87. The zero-order valence-corrected chi connectivity index (χ0v) is 14.4. The van der Waals surface area contributed by atoms with E-state index in [9.17, 15) is 4.79 Å². The van der Waals surface area contributed by atoms with Crippen molar-refractivity contribution in [3.63, 3.8) is 0 Å². The largest absolute Gasteiger partial charge is 0.368 e. The number of ether oxygens (including phenoxy) is 1. The molecule has 5 heteroatoms. The maximum Gasteiger partial charge on any atom is 0.249 e. The number of carbonyl (C=O) groups excluding carboxylic acids is 1. The number of unbranched alkanes of at least 4 members (excludes halogenated alkanes) is 2. The molecule has 1 atom stereocenters. The first kappa shape index (κ1) is 17.7. The monoisotopic (exact) mass is 311 g/mol.